The maximum absolute atomic E-state index is 11.8. The second-order valence-corrected chi connectivity index (χ2v) is 3.93. The molecule has 0 radical (unpaired) electrons. The lowest BCUT2D eigenvalue weighted by atomic mass is 10.2. The van der Waals surface area contributed by atoms with E-state index in [9.17, 15) is 9.59 Å². The molecule has 0 rings (SSSR count). The highest BCUT2D eigenvalue weighted by Crippen LogP contribution is 1.99. The van der Waals surface area contributed by atoms with E-state index < -0.39 is 18.0 Å². The van der Waals surface area contributed by atoms with Crippen molar-refractivity contribution < 1.29 is 19.8 Å². The molecule has 0 aromatic rings. The van der Waals surface area contributed by atoms with Crippen LogP contribution in [0.5, 0.6) is 0 Å². The van der Waals surface area contributed by atoms with Crippen LogP contribution in [-0.2, 0) is 4.79 Å². The van der Waals surface area contributed by atoms with Crippen molar-refractivity contribution in [1.82, 2.24) is 10.2 Å². The van der Waals surface area contributed by atoms with E-state index in [2.05, 4.69) is 11.9 Å². The van der Waals surface area contributed by atoms with E-state index in [4.69, 9.17) is 10.2 Å². The molecule has 0 saturated heterocycles. The summed E-state index contributed by atoms with van der Waals surface area (Å²) < 4.78 is 0. The summed E-state index contributed by atoms with van der Waals surface area (Å²) in [4.78, 5) is 24.1. The summed E-state index contributed by atoms with van der Waals surface area (Å²) in [5.74, 6) is -1.09. The molecule has 6 heteroatoms. The Morgan fingerprint density at radius 1 is 1.44 bits per heavy atom. The Balaban J connectivity index is 4.44. The predicted molar refractivity (Wildman–Crippen MR) is 68.3 cm³/mol. The van der Waals surface area contributed by atoms with Gasteiger partial charge in [0.1, 0.15) is 6.04 Å². The van der Waals surface area contributed by atoms with Crippen LogP contribution in [0.1, 0.15) is 26.2 Å². The van der Waals surface area contributed by atoms with Crippen molar-refractivity contribution in [3.05, 3.63) is 12.7 Å². The van der Waals surface area contributed by atoms with E-state index in [0.29, 0.717) is 6.54 Å². The standard InChI is InChI=1S/C12H22N2O4/c1-3-5-7-14(8-9-15)12(18)13-10(6-4-2)11(16)17/h4,10,15H,2-3,5-9H2,1H3,(H,13,18)(H,16,17). The average Bonchev–Trinajstić information content (AvgIpc) is 2.33. The van der Waals surface area contributed by atoms with Gasteiger partial charge in [-0.2, -0.15) is 0 Å². The van der Waals surface area contributed by atoms with Crippen molar-refractivity contribution in [2.75, 3.05) is 19.7 Å². The Labute approximate surface area is 107 Å². The highest BCUT2D eigenvalue weighted by atomic mass is 16.4. The fourth-order valence-corrected chi connectivity index (χ4v) is 1.41. The summed E-state index contributed by atoms with van der Waals surface area (Å²) >= 11 is 0. The van der Waals surface area contributed by atoms with Gasteiger partial charge in [-0.15, -0.1) is 6.58 Å². The van der Waals surface area contributed by atoms with Crippen LogP contribution < -0.4 is 5.32 Å². The van der Waals surface area contributed by atoms with Crippen molar-refractivity contribution >= 4 is 12.0 Å². The van der Waals surface area contributed by atoms with Crippen LogP contribution in [0.2, 0.25) is 0 Å². The first-order chi connectivity index (χ1) is 8.56. The van der Waals surface area contributed by atoms with Crippen LogP contribution in [0.4, 0.5) is 4.79 Å². The molecule has 0 spiro atoms. The summed E-state index contributed by atoms with van der Waals surface area (Å²) in [6.45, 7) is 6.01. The van der Waals surface area contributed by atoms with Gasteiger partial charge in [-0.25, -0.2) is 9.59 Å². The van der Waals surface area contributed by atoms with Crippen molar-refractivity contribution in [3.63, 3.8) is 0 Å². The van der Waals surface area contributed by atoms with E-state index in [1.54, 1.807) is 0 Å². The average molecular weight is 258 g/mol. The largest absolute Gasteiger partial charge is 0.480 e. The fraction of sp³-hybridized carbons (Fsp3) is 0.667. The number of carbonyl (C=O) groups excluding carboxylic acids is 1. The number of urea groups is 1. The second kappa shape index (κ2) is 9.47. The summed E-state index contributed by atoms with van der Waals surface area (Å²) in [6.07, 6.45) is 3.35. The van der Waals surface area contributed by atoms with Gasteiger partial charge in [-0.05, 0) is 12.8 Å². The number of aliphatic carboxylic acids is 1. The molecule has 0 saturated carbocycles. The van der Waals surface area contributed by atoms with Gasteiger partial charge >= 0.3 is 12.0 Å². The van der Waals surface area contributed by atoms with Crippen molar-refractivity contribution in [2.24, 2.45) is 0 Å². The lowest BCUT2D eigenvalue weighted by Gasteiger charge is -2.24. The van der Waals surface area contributed by atoms with Gasteiger partial charge in [-0.1, -0.05) is 19.4 Å². The Morgan fingerprint density at radius 3 is 2.56 bits per heavy atom. The molecule has 0 fully saturated rings. The molecule has 3 N–H and O–H groups in total. The molecule has 1 unspecified atom stereocenters. The van der Waals surface area contributed by atoms with Gasteiger partial charge < -0.3 is 20.4 Å². The van der Waals surface area contributed by atoms with Gasteiger partial charge in [0.2, 0.25) is 0 Å². The number of rotatable bonds is 9. The number of hydrogen-bond donors (Lipinski definition) is 3. The number of carbonyl (C=O) groups is 2. The normalized spacial score (nSPS) is 11.7. The van der Waals surface area contributed by atoms with Crippen LogP contribution in [0.25, 0.3) is 0 Å². The second-order valence-electron chi connectivity index (χ2n) is 3.93. The van der Waals surface area contributed by atoms with Crippen LogP contribution in [-0.4, -0.2) is 52.9 Å². The molecule has 0 aliphatic rings. The molecular formula is C12H22N2O4. The molecule has 0 bridgehead atoms. The van der Waals surface area contributed by atoms with Crippen LogP contribution >= 0.6 is 0 Å². The van der Waals surface area contributed by atoms with Crippen molar-refractivity contribution in [2.45, 2.75) is 32.2 Å². The number of hydrogen-bond acceptors (Lipinski definition) is 3. The molecule has 0 aromatic carbocycles. The molecule has 1 atom stereocenters. The number of nitrogens with one attached hydrogen (secondary N) is 1. The predicted octanol–water partition coefficient (Wildman–Crippen LogP) is 0.820. The van der Waals surface area contributed by atoms with Gasteiger partial charge in [0.15, 0.2) is 0 Å². The van der Waals surface area contributed by atoms with E-state index in [1.807, 2.05) is 6.92 Å². The Morgan fingerprint density at radius 2 is 2.11 bits per heavy atom. The number of aliphatic hydroxyl groups excluding tert-OH is 1. The first kappa shape index (κ1) is 16.4. The first-order valence-electron chi connectivity index (χ1n) is 6.06. The van der Waals surface area contributed by atoms with Crippen molar-refractivity contribution in [1.29, 1.82) is 0 Å². The van der Waals surface area contributed by atoms with Crippen LogP contribution in [0.3, 0.4) is 0 Å². The van der Waals surface area contributed by atoms with Gasteiger partial charge in [-0.3, -0.25) is 0 Å². The zero-order chi connectivity index (χ0) is 14.0. The van der Waals surface area contributed by atoms with Gasteiger partial charge in [0, 0.05) is 13.1 Å². The molecule has 18 heavy (non-hydrogen) atoms. The Kier molecular flexibility index (Phi) is 8.65. The van der Waals surface area contributed by atoms with Crippen LogP contribution in [0, 0.1) is 0 Å². The zero-order valence-electron chi connectivity index (χ0n) is 10.8. The lowest BCUT2D eigenvalue weighted by Crippen LogP contribution is -2.48. The number of nitrogens with zero attached hydrogens (tertiary/aromatic N) is 1. The smallest absolute Gasteiger partial charge is 0.326 e. The summed E-state index contributed by atoms with van der Waals surface area (Å²) in [7, 11) is 0. The zero-order valence-corrected chi connectivity index (χ0v) is 10.8. The topological polar surface area (TPSA) is 89.9 Å². The number of carboxylic acids is 1. The lowest BCUT2D eigenvalue weighted by molar-refractivity contribution is -0.139. The molecule has 0 aliphatic carbocycles. The van der Waals surface area contributed by atoms with E-state index in [0.717, 1.165) is 12.8 Å². The maximum atomic E-state index is 11.8. The highest BCUT2D eigenvalue weighted by Gasteiger charge is 2.21. The Hall–Kier alpha value is -1.56. The minimum absolute atomic E-state index is 0.143. The maximum Gasteiger partial charge on any atom is 0.326 e. The molecule has 104 valence electrons. The third-order valence-corrected chi connectivity index (χ3v) is 2.44. The number of aliphatic hydroxyl groups is 1. The van der Waals surface area contributed by atoms with Crippen LogP contribution in [0.15, 0.2) is 12.7 Å². The van der Waals surface area contributed by atoms with E-state index in [1.165, 1.54) is 11.0 Å². The fourth-order valence-electron chi connectivity index (χ4n) is 1.41. The minimum atomic E-state index is -1.09. The molecule has 6 nitrogen and oxygen atoms in total. The first-order valence-corrected chi connectivity index (χ1v) is 6.06. The SMILES string of the molecule is C=CCC(NC(=O)N(CCO)CCCC)C(=O)O. The minimum Gasteiger partial charge on any atom is -0.480 e. The number of amides is 2. The summed E-state index contributed by atoms with van der Waals surface area (Å²) in [5, 5.41) is 20.2. The number of carboxylic acid groups (broad SMARTS) is 1. The quantitative estimate of drug-likeness (QED) is 0.534. The number of unbranched alkanes of at least 4 members (excludes halogenated alkanes) is 1. The molecule has 0 aliphatic heterocycles. The molecule has 0 heterocycles. The highest BCUT2D eigenvalue weighted by molar-refractivity contribution is 5.82. The van der Waals surface area contributed by atoms with Gasteiger partial charge in [0.25, 0.3) is 0 Å². The van der Waals surface area contributed by atoms with E-state index >= 15 is 0 Å². The monoisotopic (exact) mass is 258 g/mol. The third-order valence-electron chi connectivity index (χ3n) is 2.44. The van der Waals surface area contributed by atoms with E-state index in [-0.39, 0.29) is 19.6 Å². The summed E-state index contributed by atoms with van der Waals surface area (Å²) in [6, 6.07) is -1.44. The summed E-state index contributed by atoms with van der Waals surface area (Å²) in [5.41, 5.74) is 0. The molecular weight excluding hydrogens is 236 g/mol. The molecule has 0 aromatic heterocycles. The Bertz CT molecular complexity index is 281. The molecule has 2 amide bonds. The third kappa shape index (κ3) is 6.24. The van der Waals surface area contributed by atoms with Gasteiger partial charge in [0.05, 0.1) is 6.61 Å². The van der Waals surface area contributed by atoms with Crippen molar-refractivity contribution in [3.8, 4) is 0 Å².